The maximum Gasteiger partial charge on any atom is 0.266 e. The highest BCUT2D eigenvalue weighted by molar-refractivity contribution is 9.12. The predicted molar refractivity (Wildman–Crippen MR) is 46.7 cm³/mol. The smallest absolute Gasteiger partial charge is 0.266 e. The Morgan fingerprint density at radius 2 is 2.45 bits per heavy atom. The molecule has 0 bridgehead atoms. The van der Waals surface area contributed by atoms with Crippen LogP contribution in [-0.4, -0.2) is 17.4 Å². The van der Waals surface area contributed by atoms with Crippen molar-refractivity contribution in [2.24, 2.45) is 0 Å². The Hall–Kier alpha value is -1.01. The topological polar surface area (TPSA) is 20.3 Å². The van der Waals surface area contributed by atoms with Crippen LogP contribution >= 0.6 is 15.9 Å². The van der Waals surface area contributed by atoms with E-state index in [1.54, 1.807) is 6.08 Å². The van der Waals surface area contributed by atoms with Crippen LogP contribution in [0, 0.1) is 12.3 Å². The van der Waals surface area contributed by atoms with Gasteiger partial charge < -0.3 is 0 Å². The van der Waals surface area contributed by atoms with Gasteiger partial charge in [0.25, 0.3) is 5.91 Å². The van der Waals surface area contributed by atoms with Gasteiger partial charge in [-0.2, -0.15) is 0 Å². The van der Waals surface area contributed by atoms with Gasteiger partial charge in [-0.3, -0.25) is 9.69 Å². The zero-order valence-electron chi connectivity index (χ0n) is 5.80. The highest BCUT2D eigenvalue weighted by Gasteiger charge is 2.23. The van der Waals surface area contributed by atoms with Crippen molar-refractivity contribution in [3.63, 3.8) is 0 Å². The van der Waals surface area contributed by atoms with Gasteiger partial charge in [-0.25, -0.2) is 0 Å². The van der Waals surface area contributed by atoms with Crippen molar-refractivity contribution in [3.05, 3.63) is 22.8 Å². The summed E-state index contributed by atoms with van der Waals surface area (Å²) in [5.41, 5.74) is 0.639. The molecule has 1 heterocycles. The number of carbonyl (C=O) groups excluding carboxylic acids is 1. The van der Waals surface area contributed by atoms with Gasteiger partial charge in [0.15, 0.2) is 0 Å². The standard InChI is InChI=1S/C8H6BrNO/c1-3-4-10-6(2)5-7(9)8(10)11/h1,5H,2,4H2. The third-order valence-electron chi connectivity index (χ3n) is 1.34. The van der Waals surface area contributed by atoms with Gasteiger partial charge >= 0.3 is 0 Å². The number of allylic oxidation sites excluding steroid dienone is 1. The second kappa shape index (κ2) is 2.93. The third-order valence-corrected chi connectivity index (χ3v) is 1.91. The summed E-state index contributed by atoms with van der Waals surface area (Å²) in [5.74, 6) is 2.26. The lowest BCUT2D eigenvalue weighted by atomic mass is 10.4. The fourth-order valence-electron chi connectivity index (χ4n) is 0.810. The first-order valence-electron chi connectivity index (χ1n) is 2.98. The van der Waals surface area contributed by atoms with E-state index in [4.69, 9.17) is 6.42 Å². The van der Waals surface area contributed by atoms with E-state index in [-0.39, 0.29) is 12.5 Å². The number of terminal acetylenes is 1. The largest absolute Gasteiger partial charge is 0.297 e. The number of amides is 1. The average molecular weight is 212 g/mol. The molecule has 2 nitrogen and oxygen atoms in total. The molecule has 0 radical (unpaired) electrons. The van der Waals surface area contributed by atoms with E-state index in [1.165, 1.54) is 4.90 Å². The second-order valence-electron chi connectivity index (χ2n) is 2.08. The fraction of sp³-hybridized carbons (Fsp3) is 0.125. The normalized spacial score (nSPS) is 16.7. The summed E-state index contributed by atoms with van der Waals surface area (Å²) in [7, 11) is 0. The minimum absolute atomic E-state index is 0.118. The highest BCUT2D eigenvalue weighted by Crippen LogP contribution is 2.23. The monoisotopic (exact) mass is 211 g/mol. The molecule has 1 aliphatic rings. The van der Waals surface area contributed by atoms with Gasteiger partial charge in [-0.15, -0.1) is 6.42 Å². The fourth-order valence-corrected chi connectivity index (χ4v) is 1.29. The molecule has 0 N–H and O–H groups in total. The van der Waals surface area contributed by atoms with Crippen LogP contribution < -0.4 is 0 Å². The quantitative estimate of drug-likeness (QED) is 0.599. The number of halogens is 1. The van der Waals surface area contributed by atoms with Crippen molar-refractivity contribution in [1.82, 2.24) is 4.90 Å². The predicted octanol–water partition coefficient (Wildman–Crippen LogP) is 1.25. The summed E-state index contributed by atoms with van der Waals surface area (Å²) in [6.45, 7) is 3.94. The van der Waals surface area contributed by atoms with Gasteiger partial charge in [-0.1, -0.05) is 12.5 Å². The molecule has 1 rings (SSSR count). The lowest BCUT2D eigenvalue weighted by molar-refractivity contribution is -0.123. The van der Waals surface area contributed by atoms with Crippen LogP contribution in [-0.2, 0) is 4.79 Å². The molecule has 0 aliphatic carbocycles. The number of nitrogens with zero attached hydrogens (tertiary/aromatic N) is 1. The van der Waals surface area contributed by atoms with E-state index < -0.39 is 0 Å². The Labute approximate surface area is 73.7 Å². The van der Waals surface area contributed by atoms with Gasteiger partial charge in [0.2, 0.25) is 0 Å². The van der Waals surface area contributed by atoms with Gasteiger partial charge in [-0.05, 0) is 22.0 Å². The van der Waals surface area contributed by atoms with Crippen LogP contribution in [0.4, 0.5) is 0 Å². The minimum atomic E-state index is -0.118. The second-order valence-corrected chi connectivity index (χ2v) is 2.93. The molecular formula is C8H6BrNO. The SMILES string of the molecule is C#CCN1C(=C)C=C(Br)C1=O. The molecule has 11 heavy (non-hydrogen) atoms. The Morgan fingerprint density at radius 1 is 1.82 bits per heavy atom. The van der Waals surface area contributed by atoms with E-state index in [0.29, 0.717) is 10.2 Å². The van der Waals surface area contributed by atoms with Gasteiger partial charge in [0.1, 0.15) is 0 Å². The van der Waals surface area contributed by atoms with Crippen molar-refractivity contribution < 1.29 is 4.79 Å². The van der Waals surface area contributed by atoms with Crippen LogP contribution in [0.3, 0.4) is 0 Å². The maximum atomic E-state index is 11.2. The van der Waals surface area contributed by atoms with Crippen LogP contribution in [0.2, 0.25) is 0 Å². The Balaban J connectivity index is 2.83. The highest BCUT2D eigenvalue weighted by atomic mass is 79.9. The molecule has 3 heteroatoms. The van der Waals surface area contributed by atoms with Crippen molar-refractivity contribution >= 4 is 21.8 Å². The molecule has 0 unspecified atom stereocenters. The molecule has 1 amide bonds. The number of carbonyl (C=O) groups is 1. The molecule has 0 fully saturated rings. The molecule has 0 aromatic carbocycles. The summed E-state index contributed by atoms with van der Waals surface area (Å²) < 4.78 is 0.512. The Bertz CT molecular complexity index is 285. The number of hydrogen-bond donors (Lipinski definition) is 0. The summed E-state index contributed by atoms with van der Waals surface area (Å²) in [6, 6.07) is 0. The Kier molecular flexibility index (Phi) is 2.16. The summed E-state index contributed by atoms with van der Waals surface area (Å²) in [6.07, 6.45) is 6.71. The number of rotatable bonds is 1. The maximum absolute atomic E-state index is 11.2. The first-order valence-corrected chi connectivity index (χ1v) is 3.77. The Morgan fingerprint density at radius 3 is 2.82 bits per heavy atom. The van der Waals surface area contributed by atoms with E-state index in [9.17, 15) is 4.79 Å². The van der Waals surface area contributed by atoms with Crippen LogP contribution in [0.1, 0.15) is 0 Å². The summed E-state index contributed by atoms with van der Waals surface area (Å²) in [5, 5.41) is 0. The van der Waals surface area contributed by atoms with Crippen molar-refractivity contribution in [3.8, 4) is 12.3 Å². The molecule has 56 valence electrons. The molecule has 0 aromatic rings. The van der Waals surface area contributed by atoms with Crippen molar-refractivity contribution in [2.75, 3.05) is 6.54 Å². The van der Waals surface area contributed by atoms with Crippen LogP contribution in [0.15, 0.2) is 22.8 Å². The zero-order valence-corrected chi connectivity index (χ0v) is 7.39. The molecule has 0 atom stereocenters. The van der Waals surface area contributed by atoms with Gasteiger partial charge in [0.05, 0.1) is 11.0 Å². The van der Waals surface area contributed by atoms with E-state index in [2.05, 4.69) is 28.4 Å². The average Bonchev–Trinajstić information content (AvgIpc) is 2.17. The van der Waals surface area contributed by atoms with Crippen LogP contribution in [0.25, 0.3) is 0 Å². The van der Waals surface area contributed by atoms with Crippen molar-refractivity contribution in [2.45, 2.75) is 0 Å². The lowest BCUT2D eigenvalue weighted by Crippen LogP contribution is -2.24. The minimum Gasteiger partial charge on any atom is -0.297 e. The summed E-state index contributed by atoms with van der Waals surface area (Å²) in [4.78, 5) is 12.6. The van der Waals surface area contributed by atoms with Crippen molar-refractivity contribution in [1.29, 1.82) is 0 Å². The first kappa shape index (κ1) is 8.09. The molecule has 1 aliphatic heterocycles. The van der Waals surface area contributed by atoms with Crippen LogP contribution in [0.5, 0.6) is 0 Å². The molecular weight excluding hydrogens is 206 g/mol. The molecule has 0 saturated carbocycles. The van der Waals surface area contributed by atoms with E-state index in [1.807, 2.05) is 0 Å². The lowest BCUT2D eigenvalue weighted by Gasteiger charge is -2.12. The molecule has 0 saturated heterocycles. The van der Waals surface area contributed by atoms with Gasteiger partial charge in [0, 0.05) is 5.70 Å². The molecule has 0 aromatic heterocycles. The number of hydrogen-bond acceptors (Lipinski definition) is 1. The van der Waals surface area contributed by atoms with E-state index in [0.717, 1.165) is 0 Å². The van der Waals surface area contributed by atoms with E-state index >= 15 is 0 Å². The first-order chi connectivity index (χ1) is 5.16. The summed E-state index contributed by atoms with van der Waals surface area (Å²) >= 11 is 3.09. The third kappa shape index (κ3) is 1.36. The zero-order chi connectivity index (χ0) is 8.43. The molecule has 0 spiro atoms.